The summed E-state index contributed by atoms with van der Waals surface area (Å²) in [4.78, 5) is 4.78. The lowest BCUT2D eigenvalue weighted by atomic mass is 10.1. The number of hydrogen-bond donors (Lipinski definition) is 1. The van der Waals surface area contributed by atoms with Crippen molar-refractivity contribution in [3.63, 3.8) is 0 Å². The van der Waals surface area contributed by atoms with Gasteiger partial charge in [-0.2, -0.15) is 0 Å². The third-order valence-corrected chi connectivity index (χ3v) is 5.22. The van der Waals surface area contributed by atoms with E-state index in [2.05, 4.69) is 83.6 Å². The fraction of sp³-hybridized carbons (Fsp3) is 0.381. The van der Waals surface area contributed by atoms with Gasteiger partial charge in [0.15, 0.2) is 5.11 Å². The number of piperazine rings is 1. The van der Waals surface area contributed by atoms with Gasteiger partial charge in [0, 0.05) is 37.9 Å². The lowest BCUT2D eigenvalue weighted by Gasteiger charge is -2.42. The van der Waals surface area contributed by atoms with Crippen molar-refractivity contribution in [2.24, 2.45) is 0 Å². The first-order chi connectivity index (χ1) is 12.1. The summed E-state index contributed by atoms with van der Waals surface area (Å²) in [6, 6.07) is 19.8. The maximum absolute atomic E-state index is 5.61. The Hall–Kier alpha value is -2.07. The van der Waals surface area contributed by atoms with Gasteiger partial charge in [-0.15, -0.1) is 0 Å². The van der Waals surface area contributed by atoms with E-state index >= 15 is 0 Å². The molecule has 2 aromatic carbocycles. The molecule has 0 amide bonds. The monoisotopic (exact) mass is 353 g/mol. The highest BCUT2D eigenvalue weighted by molar-refractivity contribution is 7.80. The van der Waals surface area contributed by atoms with Crippen LogP contribution in [0.4, 0.5) is 5.69 Å². The first kappa shape index (κ1) is 17.7. The molecule has 0 saturated carbocycles. The molecule has 2 aromatic rings. The smallest absolute Gasteiger partial charge is 0.169 e. The standard InChI is InChI=1S/C21H27N3S/c1-17-8-10-20(11-9-17)24-15-14-23(16-18(24)2)21(25)22-13-12-19-6-4-3-5-7-19/h3-11,18H,12-16H2,1-2H3,(H,22,25). The summed E-state index contributed by atoms with van der Waals surface area (Å²) in [6.45, 7) is 8.23. The molecule has 1 fully saturated rings. The van der Waals surface area contributed by atoms with Crippen LogP contribution in [-0.2, 0) is 6.42 Å². The SMILES string of the molecule is Cc1ccc(N2CCN(C(=S)NCCc3ccccc3)CC2C)cc1. The molecule has 0 aliphatic carbocycles. The summed E-state index contributed by atoms with van der Waals surface area (Å²) < 4.78 is 0. The largest absolute Gasteiger partial charge is 0.365 e. The van der Waals surface area contributed by atoms with Crippen LogP contribution in [0.2, 0.25) is 0 Å². The minimum Gasteiger partial charge on any atom is -0.365 e. The average molecular weight is 354 g/mol. The minimum absolute atomic E-state index is 0.449. The number of rotatable bonds is 4. The normalized spacial score (nSPS) is 17.4. The van der Waals surface area contributed by atoms with Crippen LogP contribution in [0, 0.1) is 6.92 Å². The van der Waals surface area contributed by atoms with Crippen molar-refractivity contribution < 1.29 is 0 Å². The first-order valence-electron chi connectivity index (χ1n) is 9.03. The Kier molecular flexibility index (Phi) is 5.92. The number of nitrogens with zero attached hydrogens (tertiary/aromatic N) is 2. The topological polar surface area (TPSA) is 18.5 Å². The molecular weight excluding hydrogens is 326 g/mol. The molecule has 1 atom stereocenters. The predicted octanol–water partition coefficient (Wildman–Crippen LogP) is 3.62. The summed E-state index contributed by atoms with van der Waals surface area (Å²) in [5.74, 6) is 0. The highest BCUT2D eigenvalue weighted by atomic mass is 32.1. The van der Waals surface area contributed by atoms with Gasteiger partial charge in [-0.1, -0.05) is 48.0 Å². The Bertz CT molecular complexity index is 684. The predicted molar refractivity (Wildman–Crippen MR) is 110 cm³/mol. The van der Waals surface area contributed by atoms with Crippen LogP contribution in [0.1, 0.15) is 18.1 Å². The van der Waals surface area contributed by atoms with E-state index in [1.54, 1.807) is 0 Å². The quantitative estimate of drug-likeness (QED) is 0.846. The number of hydrogen-bond acceptors (Lipinski definition) is 2. The molecule has 0 spiro atoms. The Balaban J connectivity index is 1.48. The van der Waals surface area contributed by atoms with E-state index in [0.717, 1.165) is 37.7 Å². The van der Waals surface area contributed by atoms with Crippen molar-refractivity contribution >= 4 is 23.0 Å². The highest BCUT2D eigenvalue weighted by Gasteiger charge is 2.25. The molecule has 132 valence electrons. The summed E-state index contributed by atoms with van der Waals surface area (Å²) in [7, 11) is 0. The minimum atomic E-state index is 0.449. The van der Waals surface area contributed by atoms with Crippen LogP contribution in [0.15, 0.2) is 54.6 Å². The van der Waals surface area contributed by atoms with Crippen molar-refractivity contribution in [3.05, 3.63) is 65.7 Å². The maximum atomic E-state index is 5.61. The molecule has 3 nitrogen and oxygen atoms in total. The van der Waals surface area contributed by atoms with E-state index in [0.29, 0.717) is 6.04 Å². The first-order valence-corrected chi connectivity index (χ1v) is 9.44. The van der Waals surface area contributed by atoms with Crippen LogP contribution >= 0.6 is 12.2 Å². The molecule has 1 heterocycles. The van der Waals surface area contributed by atoms with Gasteiger partial charge < -0.3 is 15.1 Å². The lowest BCUT2D eigenvalue weighted by Crippen LogP contribution is -2.56. The fourth-order valence-corrected chi connectivity index (χ4v) is 3.60. The number of nitrogens with one attached hydrogen (secondary N) is 1. The van der Waals surface area contributed by atoms with Crippen molar-refractivity contribution in [3.8, 4) is 0 Å². The molecule has 25 heavy (non-hydrogen) atoms. The molecule has 0 radical (unpaired) electrons. The third kappa shape index (κ3) is 4.73. The third-order valence-electron chi connectivity index (χ3n) is 4.81. The highest BCUT2D eigenvalue weighted by Crippen LogP contribution is 2.21. The lowest BCUT2D eigenvalue weighted by molar-refractivity contribution is 0.334. The van der Waals surface area contributed by atoms with E-state index in [1.165, 1.54) is 16.8 Å². The van der Waals surface area contributed by atoms with Gasteiger partial charge in [-0.3, -0.25) is 0 Å². The van der Waals surface area contributed by atoms with Gasteiger partial charge in [-0.05, 0) is 50.2 Å². The molecule has 4 heteroatoms. The van der Waals surface area contributed by atoms with Gasteiger partial charge in [0.25, 0.3) is 0 Å². The second-order valence-electron chi connectivity index (χ2n) is 6.79. The fourth-order valence-electron chi connectivity index (χ4n) is 3.33. The second kappa shape index (κ2) is 8.34. The van der Waals surface area contributed by atoms with E-state index < -0.39 is 0 Å². The zero-order chi connectivity index (χ0) is 17.6. The van der Waals surface area contributed by atoms with Crippen molar-refractivity contribution in [2.45, 2.75) is 26.3 Å². The molecule has 0 aromatic heterocycles. The van der Waals surface area contributed by atoms with E-state index in [1.807, 2.05) is 0 Å². The van der Waals surface area contributed by atoms with Gasteiger partial charge in [0.05, 0.1) is 0 Å². The maximum Gasteiger partial charge on any atom is 0.169 e. The Morgan fingerprint density at radius 2 is 1.80 bits per heavy atom. The zero-order valence-corrected chi connectivity index (χ0v) is 15.9. The van der Waals surface area contributed by atoms with E-state index in [-0.39, 0.29) is 0 Å². The van der Waals surface area contributed by atoms with Crippen LogP contribution < -0.4 is 10.2 Å². The zero-order valence-electron chi connectivity index (χ0n) is 15.1. The molecule has 1 aliphatic rings. The van der Waals surface area contributed by atoms with Crippen LogP contribution in [0.5, 0.6) is 0 Å². The van der Waals surface area contributed by atoms with Gasteiger partial charge in [0.2, 0.25) is 0 Å². The van der Waals surface area contributed by atoms with Gasteiger partial charge in [-0.25, -0.2) is 0 Å². The molecule has 1 unspecified atom stereocenters. The summed E-state index contributed by atoms with van der Waals surface area (Å²) in [6.07, 6.45) is 1.000. The summed E-state index contributed by atoms with van der Waals surface area (Å²) in [5, 5.41) is 4.30. The number of thiocarbonyl (C=S) groups is 1. The Morgan fingerprint density at radius 3 is 2.48 bits per heavy atom. The van der Waals surface area contributed by atoms with Crippen LogP contribution in [-0.4, -0.2) is 42.2 Å². The molecule has 3 rings (SSSR count). The van der Waals surface area contributed by atoms with Crippen molar-refractivity contribution in [1.29, 1.82) is 0 Å². The van der Waals surface area contributed by atoms with Crippen LogP contribution in [0.3, 0.4) is 0 Å². The number of anilines is 1. The van der Waals surface area contributed by atoms with Gasteiger partial charge >= 0.3 is 0 Å². The molecule has 1 N–H and O–H groups in total. The second-order valence-corrected chi connectivity index (χ2v) is 7.18. The Labute approximate surface area is 156 Å². The Morgan fingerprint density at radius 1 is 1.08 bits per heavy atom. The summed E-state index contributed by atoms with van der Waals surface area (Å²) >= 11 is 5.61. The van der Waals surface area contributed by atoms with Gasteiger partial charge in [0.1, 0.15) is 0 Å². The summed E-state index contributed by atoms with van der Waals surface area (Å²) in [5.41, 5.74) is 3.95. The molecular formula is C21H27N3S. The van der Waals surface area contributed by atoms with Crippen molar-refractivity contribution in [1.82, 2.24) is 10.2 Å². The van der Waals surface area contributed by atoms with E-state index in [9.17, 15) is 0 Å². The van der Waals surface area contributed by atoms with Crippen LogP contribution in [0.25, 0.3) is 0 Å². The van der Waals surface area contributed by atoms with E-state index in [4.69, 9.17) is 12.2 Å². The van der Waals surface area contributed by atoms with Crippen molar-refractivity contribution in [2.75, 3.05) is 31.1 Å². The molecule has 1 saturated heterocycles. The number of benzene rings is 2. The average Bonchev–Trinajstić information content (AvgIpc) is 2.63. The number of aryl methyl sites for hydroxylation is 1. The molecule has 0 bridgehead atoms. The molecule has 1 aliphatic heterocycles.